The zero-order chi connectivity index (χ0) is 15.1. The second-order valence-corrected chi connectivity index (χ2v) is 4.61. The molecule has 0 radical (unpaired) electrons. The van der Waals surface area contributed by atoms with Gasteiger partial charge in [-0.25, -0.2) is 0 Å². The molecule has 0 aliphatic carbocycles. The molecule has 4 N–H and O–H groups in total. The number of hydrogen-bond donors (Lipinski definition) is 2. The van der Waals surface area contributed by atoms with E-state index in [-0.39, 0.29) is 5.96 Å². The maximum Gasteiger partial charge on any atom is 0.211 e. The van der Waals surface area contributed by atoms with E-state index in [4.69, 9.17) is 16.2 Å². The number of guanidine groups is 1. The molecular formula is C16H18N4O. The van der Waals surface area contributed by atoms with Crippen molar-refractivity contribution in [2.45, 2.75) is 13.5 Å². The van der Waals surface area contributed by atoms with Gasteiger partial charge in [0.05, 0.1) is 6.21 Å². The molecule has 0 saturated carbocycles. The molecule has 0 heterocycles. The van der Waals surface area contributed by atoms with Crippen molar-refractivity contribution in [2.75, 3.05) is 0 Å². The molecule has 0 spiro atoms. The van der Waals surface area contributed by atoms with Crippen molar-refractivity contribution in [3.05, 3.63) is 65.2 Å². The van der Waals surface area contributed by atoms with Crippen molar-refractivity contribution in [1.82, 2.24) is 0 Å². The summed E-state index contributed by atoms with van der Waals surface area (Å²) in [4.78, 5) is 0. The molecule has 0 unspecified atom stereocenters. The quantitative estimate of drug-likeness (QED) is 0.500. The largest absolute Gasteiger partial charge is 0.489 e. The third-order valence-electron chi connectivity index (χ3n) is 2.79. The molecule has 0 aliphatic rings. The highest BCUT2D eigenvalue weighted by atomic mass is 16.5. The predicted molar refractivity (Wildman–Crippen MR) is 85.4 cm³/mol. The normalized spacial score (nSPS) is 10.5. The Kier molecular flexibility index (Phi) is 4.93. The summed E-state index contributed by atoms with van der Waals surface area (Å²) in [6.45, 7) is 2.61. The molecule has 5 nitrogen and oxygen atoms in total. The van der Waals surface area contributed by atoms with Crippen LogP contribution in [0.15, 0.2) is 58.7 Å². The third kappa shape index (κ3) is 4.99. The number of hydrogen-bond acceptors (Lipinski definition) is 3. The Hall–Kier alpha value is -2.82. The van der Waals surface area contributed by atoms with Gasteiger partial charge in [0.15, 0.2) is 0 Å². The number of nitrogens with two attached hydrogens (primary N) is 2. The van der Waals surface area contributed by atoms with Gasteiger partial charge in [-0.2, -0.15) is 5.10 Å². The van der Waals surface area contributed by atoms with Crippen LogP contribution in [0.1, 0.15) is 16.7 Å². The van der Waals surface area contributed by atoms with Crippen molar-refractivity contribution in [3.63, 3.8) is 0 Å². The number of aryl methyl sites for hydroxylation is 1. The lowest BCUT2D eigenvalue weighted by atomic mass is 10.2. The van der Waals surface area contributed by atoms with E-state index in [1.54, 1.807) is 6.21 Å². The molecular weight excluding hydrogens is 264 g/mol. The van der Waals surface area contributed by atoms with Gasteiger partial charge in [-0.1, -0.05) is 29.8 Å². The van der Waals surface area contributed by atoms with E-state index in [1.807, 2.05) is 24.3 Å². The van der Waals surface area contributed by atoms with Crippen LogP contribution in [0.25, 0.3) is 0 Å². The van der Waals surface area contributed by atoms with Gasteiger partial charge < -0.3 is 16.2 Å². The molecule has 2 aromatic rings. The highest BCUT2D eigenvalue weighted by Crippen LogP contribution is 2.14. The number of benzene rings is 2. The highest BCUT2D eigenvalue weighted by Gasteiger charge is 1.96. The van der Waals surface area contributed by atoms with Gasteiger partial charge in [0.1, 0.15) is 12.4 Å². The molecule has 0 fully saturated rings. The van der Waals surface area contributed by atoms with Gasteiger partial charge in [-0.15, -0.1) is 5.10 Å². The monoisotopic (exact) mass is 282 g/mol. The Bertz CT molecular complexity index is 626. The smallest absolute Gasteiger partial charge is 0.211 e. The topological polar surface area (TPSA) is 86.0 Å². The zero-order valence-corrected chi connectivity index (χ0v) is 11.9. The Morgan fingerprint density at radius 2 is 1.71 bits per heavy atom. The molecule has 21 heavy (non-hydrogen) atoms. The van der Waals surface area contributed by atoms with Crippen LogP contribution in [0, 0.1) is 6.92 Å². The van der Waals surface area contributed by atoms with Crippen molar-refractivity contribution in [2.24, 2.45) is 21.7 Å². The van der Waals surface area contributed by atoms with Crippen LogP contribution in [-0.4, -0.2) is 12.2 Å². The van der Waals surface area contributed by atoms with Gasteiger partial charge in [0.25, 0.3) is 0 Å². The molecule has 0 atom stereocenters. The number of ether oxygens (including phenoxy) is 1. The summed E-state index contributed by atoms with van der Waals surface area (Å²) in [6.07, 6.45) is 1.57. The van der Waals surface area contributed by atoms with E-state index >= 15 is 0 Å². The number of rotatable bonds is 5. The Morgan fingerprint density at radius 1 is 1.05 bits per heavy atom. The predicted octanol–water partition coefficient (Wildman–Crippen LogP) is 2.18. The van der Waals surface area contributed by atoms with Crippen LogP contribution in [0.2, 0.25) is 0 Å². The molecule has 0 aromatic heterocycles. The van der Waals surface area contributed by atoms with E-state index < -0.39 is 0 Å². The molecule has 5 heteroatoms. The lowest BCUT2D eigenvalue weighted by molar-refractivity contribution is 0.306. The molecule has 0 bridgehead atoms. The fraction of sp³-hybridized carbons (Fsp3) is 0.125. The molecule has 108 valence electrons. The molecule has 2 aromatic carbocycles. The van der Waals surface area contributed by atoms with Gasteiger partial charge in [-0.3, -0.25) is 0 Å². The summed E-state index contributed by atoms with van der Waals surface area (Å²) in [5.74, 6) is 0.735. The molecule has 0 amide bonds. The first-order valence-corrected chi connectivity index (χ1v) is 6.54. The van der Waals surface area contributed by atoms with Gasteiger partial charge in [0, 0.05) is 0 Å². The average molecular weight is 282 g/mol. The summed E-state index contributed by atoms with van der Waals surface area (Å²) < 4.78 is 5.72. The Balaban J connectivity index is 1.91. The van der Waals surface area contributed by atoms with E-state index in [2.05, 4.69) is 41.4 Å². The van der Waals surface area contributed by atoms with Crippen molar-refractivity contribution >= 4 is 12.2 Å². The second-order valence-electron chi connectivity index (χ2n) is 4.61. The first-order chi connectivity index (χ1) is 10.1. The minimum atomic E-state index is -0.0655. The van der Waals surface area contributed by atoms with Crippen LogP contribution in [0.5, 0.6) is 5.75 Å². The van der Waals surface area contributed by atoms with Crippen molar-refractivity contribution in [3.8, 4) is 5.75 Å². The van der Waals surface area contributed by atoms with Crippen molar-refractivity contribution in [1.29, 1.82) is 0 Å². The maximum absolute atomic E-state index is 5.72. The summed E-state index contributed by atoms with van der Waals surface area (Å²) >= 11 is 0. The Labute approximate surface area is 124 Å². The lowest BCUT2D eigenvalue weighted by Gasteiger charge is -2.06. The minimum Gasteiger partial charge on any atom is -0.489 e. The van der Waals surface area contributed by atoms with Crippen LogP contribution in [0.3, 0.4) is 0 Å². The van der Waals surface area contributed by atoms with E-state index in [0.717, 1.165) is 16.9 Å². The number of nitrogens with zero attached hydrogens (tertiary/aromatic N) is 2. The van der Waals surface area contributed by atoms with Crippen LogP contribution < -0.4 is 16.2 Å². The van der Waals surface area contributed by atoms with Crippen LogP contribution >= 0.6 is 0 Å². The first kappa shape index (κ1) is 14.6. The van der Waals surface area contributed by atoms with Crippen LogP contribution in [-0.2, 0) is 6.61 Å². The molecule has 0 aliphatic heterocycles. The minimum absolute atomic E-state index is 0.0655. The summed E-state index contributed by atoms with van der Waals surface area (Å²) in [5, 5.41) is 7.28. The maximum atomic E-state index is 5.72. The molecule has 2 rings (SSSR count). The van der Waals surface area contributed by atoms with Gasteiger partial charge >= 0.3 is 0 Å². The SMILES string of the molecule is Cc1ccc(COc2ccc(/C=N\N=C(N)N)cc2)cc1. The Morgan fingerprint density at radius 3 is 2.33 bits per heavy atom. The van der Waals surface area contributed by atoms with E-state index in [9.17, 15) is 0 Å². The third-order valence-corrected chi connectivity index (χ3v) is 2.79. The summed E-state index contributed by atoms with van der Waals surface area (Å²) in [7, 11) is 0. The van der Waals surface area contributed by atoms with E-state index in [1.165, 1.54) is 5.56 Å². The summed E-state index contributed by atoms with van der Waals surface area (Å²) in [6, 6.07) is 15.8. The van der Waals surface area contributed by atoms with Crippen LogP contribution in [0.4, 0.5) is 0 Å². The van der Waals surface area contributed by atoms with E-state index in [0.29, 0.717) is 6.61 Å². The average Bonchev–Trinajstić information content (AvgIpc) is 2.48. The van der Waals surface area contributed by atoms with Gasteiger partial charge in [-0.05, 0) is 42.3 Å². The standard InChI is InChI=1S/C16H18N4O/c1-12-2-4-14(5-3-12)11-21-15-8-6-13(7-9-15)10-19-20-16(17)18/h2-10H,11H2,1H3,(H4,17,18,20)/b19-10-. The van der Waals surface area contributed by atoms with Gasteiger partial charge in [0.2, 0.25) is 5.96 Å². The summed E-state index contributed by atoms with van der Waals surface area (Å²) in [5.41, 5.74) is 13.6. The van der Waals surface area contributed by atoms with Crippen molar-refractivity contribution < 1.29 is 4.74 Å². The zero-order valence-electron chi connectivity index (χ0n) is 11.9. The molecule has 0 saturated heterocycles. The highest BCUT2D eigenvalue weighted by molar-refractivity contribution is 5.81. The fourth-order valence-corrected chi connectivity index (χ4v) is 1.66. The second kappa shape index (κ2) is 7.09. The fourth-order valence-electron chi connectivity index (χ4n) is 1.66. The lowest BCUT2D eigenvalue weighted by Crippen LogP contribution is -2.21. The first-order valence-electron chi connectivity index (χ1n) is 6.54.